The highest BCUT2D eigenvalue weighted by Crippen LogP contribution is 2.14. The first kappa shape index (κ1) is 9.57. The highest BCUT2D eigenvalue weighted by atomic mass is 16.1. The minimum atomic E-state index is -0.0889. The van der Waals surface area contributed by atoms with Crippen molar-refractivity contribution in [1.29, 1.82) is 0 Å². The largest absolute Gasteiger partial charge is 0.329 e. The summed E-state index contributed by atoms with van der Waals surface area (Å²) < 4.78 is 0. The Bertz CT molecular complexity index is 490. The van der Waals surface area contributed by atoms with Crippen molar-refractivity contribution in [2.75, 3.05) is 5.32 Å². The number of aromatic amines is 1. The fourth-order valence-electron chi connectivity index (χ4n) is 1.12. The summed E-state index contributed by atoms with van der Waals surface area (Å²) in [6.07, 6.45) is 2.90. The topological polar surface area (TPSA) is 83.6 Å². The van der Waals surface area contributed by atoms with Gasteiger partial charge in [0.15, 0.2) is 17.0 Å². The molecular formula is C9H11N5O. The van der Waals surface area contributed by atoms with E-state index in [0.717, 1.165) is 0 Å². The number of fused-ring (bicyclic) bond motifs is 1. The number of anilines is 1. The molecule has 0 aliphatic carbocycles. The number of H-pyrrole nitrogens is 1. The summed E-state index contributed by atoms with van der Waals surface area (Å²) in [7, 11) is 0. The molecule has 15 heavy (non-hydrogen) atoms. The van der Waals surface area contributed by atoms with Gasteiger partial charge in [0.1, 0.15) is 6.33 Å². The third-order valence-corrected chi connectivity index (χ3v) is 1.98. The molecule has 0 saturated heterocycles. The molecule has 0 fully saturated rings. The molecule has 0 unspecified atom stereocenters. The smallest absolute Gasteiger partial charge is 0.228 e. The molecule has 2 aromatic rings. The summed E-state index contributed by atoms with van der Waals surface area (Å²) in [5, 5.41) is 2.70. The Hall–Kier alpha value is -1.98. The zero-order valence-corrected chi connectivity index (χ0v) is 8.48. The van der Waals surface area contributed by atoms with Gasteiger partial charge in [-0.1, -0.05) is 13.8 Å². The number of carbonyl (C=O) groups is 1. The minimum absolute atomic E-state index is 0.0852. The lowest BCUT2D eigenvalue weighted by Crippen LogP contribution is -2.18. The van der Waals surface area contributed by atoms with Crippen LogP contribution in [0.15, 0.2) is 12.7 Å². The average molecular weight is 205 g/mol. The monoisotopic (exact) mass is 205 g/mol. The van der Waals surface area contributed by atoms with Gasteiger partial charge in [-0.3, -0.25) is 4.79 Å². The van der Waals surface area contributed by atoms with E-state index in [1.165, 1.54) is 12.7 Å². The van der Waals surface area contributed by atoms with E-state index in [4.69, 9.17) is 0 Å². The number of rotatable bonds is 2. The van der Waals surface area contributed by atoms with Crippen molar-refractivity contribution in [3.05, 3.63) is 12.7 Å². The van der Waals surface area contributed by atoms with Gasteiger partial charge >= 0.3 is 0 Å². The van der Waals surface area contributed by atoms with Crippen LogP contribution in [0.3, 0.4) is 0 Å². The second-order valence-corrected chi connectivity index (χ2v) is 3.47. The number of hydrogen-bond donors (Lipinski definition) is 2. The predicted molar refractivity (Wildman–Crippen MR) is 55.2 cm³/mol. The molecule has 6 heteroatoms. The van der Waals surface area contributed by atoms with E-state index in [-0.39, 0.29) is 11.8 Å². The van der Waals surface area contributed by atoms with E-state index in [1.54, 1.807) is 0 Å². The molecule has 2 rings (SSSR count). The molecular weight excluding hydrogens is 194 g/mol. The maximum absolute atomic E-state index is 11.5. The second kappa shape index (κ2) is 3.64. The number of nitrogens with one attached hydrogen (secondary N) is 2. The number of carbonyl (C=O) groups excluding carboxylic acids is 1. The summed E-state index contributed by atoms with van der Waals surface area (Å²) in [6.45, 7) is 3.64. The summed E-state index contributed by atoms with van der Waals surface area (Å²) in [5.41, 5.74) is 1.19. The molecule has 0 aliphatic heterocycles. The Balaban J connectivity index is 2.35. The molecule has 0 aliphatic rings. The maximum atomic E-state index is 11.5. The van der Waals surface area contributed by atoms with Crippen LogP contribution < -0.4 is 5.32 Å². The summed E-state index contributed by atoms with van der Waals surface area (Å²) in [5.74, 6) is 0.270. The van der Waals surface area contributed by atoms with Crippen LogP contribution in [0.1, 0.15) is 13.8 Å². The lowest BCUT2D eigenvalue weighted by molar-refractivity contribution is -0.118. The molecule has 2 aromatic heterocycles. The number of imidazole rings is 1. The Morgan fingerprint density at radius 3 is 2.93 bits per heavy atom. The van der Waals surface area contributed by atoms with E-state index in [0.29, 0.717) is 17.0 Å². The minimum Gasteiger partial charge on any atom is -0.329 e. The molecule has 78 valence electrons. The van der Waals surface area contributed by atoms with Gasteiger partial charge in [0.25, 0.3) is 0 Å². The normalized spacial score (nSPS) is 10.9. The standard InChI is InChI=1S/C9H11N5O/c1-5(2)9(15)14-8-6-7(11-3-10-6)12-4-13-8/h3-5H,1-2H3,(H2,10,11,12,13,14,15). The van der Waals surface area contributed by atoms with Gasteiger partial charge in [0.2, 0.25) is 5.91 Å². The lowest BCUT2D eigenvalue weighted by atomic mass is 10.2. The number of amides is 1. The van der Waals surface area contributed by atoms with Gasteiger partial charge in [-0.15, -0.1) is 0 Å². The Morgan fingerprint density at radius 1 is 1.40 bits per heavy atom. The lowest BCUT2D eigenvalue weighted by Gasteiger charge is -2.06. The Morgan fingerprint density at radius 2 is 2.20 bits per heavy atom. The fraction of sp³-hybridized carbons (Fsp3) is 0.333. The third-order valence-electron chi connectivity index (χ3n) is 1.98. The van der Waals surface area contributed by atoms with E-state index in [9.17, 15) is 4.79 Å². The van der Waals surface area contributed by atoms with E-state index in [2.05, 4.69) is 25.3 Å². The van der Waals surface area contributed by atoms with Gasteiger partial charge in [0.05, 0.1) is 6.33 Å². The second-order valence-electron chi connectivity index (χ2n) is 3.47. The Kier molecular flexibility index (Phi) is 2.32. The van der Waals surface area contributed by atoms with Gasteiger partial charge in [-0.05, 0) is 0 Å². The number of nitrogens with zero attached hydrogens (tertiary/aromatic N) is 3. The van der Waals surface area contributed by atoms with E-state index < -0.39 is 0 Å². The quantitative estimate of drug-likeness (QED) is 0.764. The van der Waals surface area contributed by atoms with Crippen molar-refractivity contribution in [3.8, 4) is 0 Å². The molecule has 6 nitrogen and oxygen atoms in total. The van der Waals surface area contributed by atoms with Crippen molar-refractivity contribution in [2.45, 2.75) is 13.8 Å². The van der Waals surface area contributed by atoms with Gasteiger partial charge in [0, 0.05) is 5.92 Å². The Labute approximate surface area is 86.2 Å². The molecule has 0 radical (unpaired) electrons. The van der Waals surface area contributed by atoms with Crippen molar-refractivity contribution < 1.29 is 4.79 Å². The van der Waals surface area contributed by atoms with Gasteiger partial charge in [-0.2, -0.15) is 0 Å². The summed E-state index contributed by atoms with van der Waals surface area (Å²) in [4.78, 5) is 26.3. The predicted octanol–water partition coefficient (Wildman–Crippen LogP) is 0.947. The van der Waals surface area contributed by atoms with Crippen LogP contribution in [0.5, 0.6) is 0 Å². The van der Waals surface area contributed by atoms with Crippen LogP contribution in [0.4, 0.5) is 5.82 Å². The highest BCUT2D eigenvalue weighted by Gasteiger charge is 2.11. The molecule has 0 atom stereocenters. The first-order valence-electron chi connectivity index (χ1n) is 4.63. The van der Waals surface area contributed by atoms with Crippen LogP contribution in [0, 0.1) is 5.92 Å². The van der Waals surface area contributed by atoms with Crippen molar-refractivity contribution in [2.24, 2.45) is 5.92 Å². The zero-order chi connectivity index (χ0) is 10.8. The number of hydrogen-bond acceptors (Lipinski definition) is 4. The van der Waals surface area contributed by atoms with Gasteiger partial charge < -0.3 is 10.3 Å². The zero-order valence-electron chi connectivity index (χ0n) is 8.48. The third kappa shape index (κ3) is 1.78. The molecule has 0 aromatic carbocycles. The molecule has 2 heterocycles. The average Bonchev–Trinajstić information content (AvgIpc) is 2.66. The highest BCUT2D eigenvalue weighted by molar-refractivity contribution is 5.97. The molecule has 2 N–H and O–H groups in total. The van der Waals surface area contributed by atoms with Gasteiger partial charge in [-0.25, -0.2) is 15.0 Å². The van der Waals surface area contributed by atoms with Crippen LogP contribution in [0.25, 0.3) is 11.2 Å². The first-order valence-corrected chi connectivity index (χ1v) is 4.63. The van der Waals surface area contributed by atoms with Crippen LogP contribution >= 0.6 is 0 Å². The van der Waals surface area contributed by atoms with Crippen LogP contribution in [0.2, 0.25) is 0 Å². The summed E-state index contributed by atoms with van der Waals surface area (Å²) >= 11 is 0. The molecule has 0 saturated carbocycles. The molecule has 1 amide bonds. The number of aromatic nitrogens is 4. The van der Waals surface area contributed by atoms with Crippen molar-refractivity contribution >= 4 is 22.9 Å². The van der Waals surface area contributed by atoms with Crippen LogP contribution in [-0.4, -0.2) is 25.8 Å². The van der Waals surface area contributed by atoms with Crippen molar-refractivity contribution in [3.63, 3.8) is 0 Å². The molecule has 0 bridgehead atoms. The first-order chi connectivity index (χ1) is 7.18. The van der Waals surface area contributed by atoms with Crippen LogP contribution in [-0.2, 0) is 4.79 Å². The van der Waals surface area contributed by atoms with E-state index in [1.807, 2.05) is 13.8 Å². The SMILES string of the molecule is CC(C)C(=O)Nc1ncnc2[nH]cnc12. The maximum Gasteiger partial charge on any atom is 0.228 e. The summed E-state index contributed by atoms with van der Waals surface area (Å²) in [6, 6.07) is 0. The van der Waals surface area contributed by atoms with E-state index >= 15 is 0 Å². The van der Waals surface area contributed by atoms with Crippen molar-refractivity contribution in [1.82, 2.24) is 19.9 Å². The molecule has 0 spiro atoms. The fourth-order valence-corrected chi connectivity index (χ4v) is 1.12.